The number of benzene rings is 2. The number of carbonyl (C=O) groups is 1. The largest absolute Gasteiger partial charge is 0.325 e. The summed E-state index contributed by atoms with van der Waals surface area (Å²) in [6.07, 6.45) is 3.19. The summed E-state index contributed by atoms with van der Waals surface area (Å²) in [6.45, 7) is 1.81. The normalized spacial score (nSPS) is 11.7. The van der Waals surface area contributed by atoms with Gasteiger partial charge in [-0.1, -0.05) is 36.0 Å². The quantitative estimate of drug-likeness (QED) is 0.404. The van der Waals surface area contributed by atoms with E-state index in [-0.39, 0.29) is 5.91 Å². The molecular weight excluding hydrogens is 384 g/mol. The Bertz CT molecular complexity index is 1210. The maximum atomic E-state index is 12.6. The Kier molecular flexibility index (Phi) is 5.22. The van der Waals surface area contributed by atoms with E-state index in [4.69, 9.17) is 5.26 Å². The van der Waals surface area contributed by atoms with Gasteiger partial charge >= 0.3 is 0 Å². The molecule has 2 heterocycles. The van der Waals surface area contributed by atoms with Crippen LogP contribution in [0.1, 0.15) is 12.5 Å². The zero-order valence-electron chi connectivity index (χ0n) is 15.5. The van der Waals surface area contributed by atoms with E-state index in [0.717, 1.165) is 11.1 Å². The molecule has 0 bridgehead atoms. The molecule has 0 aliphatic carbocycles. The van der Waals surface area contributed by atoms with Gasteiger partial charge in [0, 0.05) is 5.69 Å². The van der Waals surface area contributed by atoms with Crippen LogP contribution in [0.15, 0.2) is 72.1 Å². The van der Waals surface area contributed by atoms with Gasteiger partial charge in [0.1, 0.15) is 11.4 Å². The highest BCUT2D eigenvalue weighted by atomic mass is 32.2. The zero-order valence-corrected chi connectivity index (χ0v) is 16.3. The number of hydrogen-bond donors (Lipinski definition) is 1. The summed E-state index contributed by atoms with van der Waals surface area (Å²) in [5.41, 5.74) is 2.67. The average molecular weight is 400 g/mol. The van der Waals surface area contributed by atoms with Crippen LogP contribution in [0.3, 0.4) is 0 Å². The molecule has 0 saturated heterocycles. The molecule has 0 saturated carbocycles. The van der Waals surface area contributed by atoms with Gasteiger partial charge in [-0.3, -0.25) is 4.79 Å². The number of hydrogen-bond acceptors (Lipinski definition) is 6. The second-order valence-electron chi connectivity index (χ2n) is 6.25. The van der Waals surface area contributed by atoms with E-state index in [2.05, 4.69) is 26.5 Å². The highest BCUT2D eigenvalue weighted by Gasteiger charge is 2.19. The number of para-hydroxylation sites is 1. The van der Waals surface area contributed by atoms with Gasteiger partial charge in [-0.05, 0) is 37.3 Å². The molecule has 7 nitrogen and oxygen atoms in total. The van der Waals surface area contributed by atoms with Crippen LogP contribution in [-0.2, 0) is 4.79 Å². The van der Waals surface area contributed by atoms with Crippen molar-refractivity contribution >= 4 is 34.4 Å². The standard InChI is InChI=1S/C21H16N6OS/c1-14(20(28)26-16-7-5-6-15(10-16)11-22)29-21-18-12-25-27(19(18)23-13-24-21)17-8-3-2-4-9-17/h2-10,12-14H,1H3,(H,26,28). The van der Waals surface area contributed by atoms with Crippen molar-refractivity contribution in [3.05, 3.63) is 72.7 Å². The molecule has 2 aromatic carbocycles. The zero-order chi connectivity index (χ0) is 20.2. The first-order chi connectivity index (χ1) is 14.2. The highest BCUT2D eigenvalue weighted by Crippen LogP contribution is 2.29. The Balaban J connectivity index is 1.55. The van der Waals surface area contributed by atoms with Crippen LogP contribution in [0, 0.1) is 11.3 Å². The number of nitrogens with one attached hydrogen (secondary N) is 1. The minimum Gasteiger partial charge on any atom is -0.325 e. The van der Waals surface area contributed by atoms with Gasteiger partial charge in [0.25, 0.3) is 0 Å². The number of fused-ring (bicyclic) bond motifs is 1. The number of anilines is 1. The summed E-state index contributed by atoms with van der Waals surface area (Å²) in [5.74, 6) is -0.174. The van der Waals surface area contributed by atoms with Crippen molar-refractivity contribution < 1.29 is 4.79 Å². The maximum absolute atomic E-state index is 12.6. The molecule has 4 rings (SSSR count). The maximum Gasteiger partial charge on any atom is 0.237 e. The second-order valence-corrected chi connectivity index (χ2v) is 7.58. The average Bonchev–Trinajstić information content (AvgIpc) is 3.19. The van der Waals surface area contributed by atoms with Crippen LogP contribution < -0.4 is 5.32 Å². The van der Waals surface area contributed by atoms with Crippen molar-refractivity contribution in [2.24, 2.45) is 0 Å². The van der Waals surface area contributed by atoms with E-state index in [0.29, 0.717) is 21.9 Å². The van der Waals surface area contributed by atoms with Gasteiger partial charge in [0.15, 0.2) is 5.65 Å². The molecule has 1 atom stereocenters. The van der Waals surface area contributed by atoms with Crippen molar-refractivity contribution in [1.29, 1.82) is 5.26 Å². The van der Waals surface area contributed by atoms with Crippen molar-refractivity contribution in [1.82, 2.24) is 19.7 Å². The first-order valence-corrected chi connectivity index (χ1v) is 9.75. The number of thioether (sulfide) groups is 1. The van der Waals surface area contributed by atoms with E-state index in [1.165, 1.54) is 18.1 Å². The molecule has 0 aliphatic heterocycles. The van der Waals surface area contributed by atoms with Crippen molar-refractivity contribution in [3.63, 3.8) is 0 Å². The van der Waals surface area contributed by atoms with Crippen LogP contribution in [0.5, 0.6) is 0 Å². The molecule has 1 N–H and O–H groups in total. The number of nitrogens with zero attached hydrogens (tertiary/aromatic N) is 5. The Morgan fingerprint density at radius 1 is 1.17 bits per heavy atom. The Hall–Kier alpha value is -3.70. The first kappa shape index (κ1) is 18.7. The Morgan fingerprint density at radius 3 is 2.79 bits per heavy atom. The fraction of sp³-hybridized carbons (Fsp3) is 0.0952. The SMILES string of the molecule is CC(Sc1ncnc2c1cnn2-c1ccccc1)C(=O)Nc1cccc(C#N)c1. The van der Waals surface area contributed by atoms with Gasteiger partial charge < -0.3 is 5.32 Å². The number of aromatic nitrogens is 4. The smallest absolute Gasteiger partial charge is 0.237 e. The van der Waals surface area contributed by atoms with Crippen molar-refractivity contribution in [2.45, 2.75) is 17.2 Å². The highest BCUT2D eigenvalue weighted by molar-refractivity contribution is 8.00. The Morgan fingerprint density at radius 2 is 2.00 bits per heavy atom. The second kappa shape index (κ2) is 8.12. The lowest BCUT2D eigenvalue weighted by molar-refractivity contribution is -0.115. The van der Waals surface area contributed by atoms with Crippen LogP contribution >= 0.6 is 11.8 Å². The molecule has 2 aromatic heterocycles. The summed E-state index contributed by atoms with van der Waals surface area (Å²) in [4.78, 5) is 21.3. The molecule has 0 fully saturated rings. The minimum atomic E-state index is -0.404. The first-order valence-electron chi connectivity index (χ1n) is 8.87. The lowest BCUT2D eigenvalue weighted by Crippen LogP contribution is -2.22. The summed E-state index contributed by atoms with van der Waals surface area (Å²) in [7, 11) is 0. The third-order valence-corrected chi connectivity index (χ3v) is 5.36. The minimum absolute atomic E-state index is 0.174. The number of rotatable bonds is 5. The van der Waals surface area contributed by atoms with Gasteiger partial charge in [-0.25, -0.2) is 14.6 Å². The third kappa shape index (κ3) is 3.95. The molecule has 0 radical (unpaired) electrons. The number of amides is 1. The van der Waals surface area contributed by atoms with Crippen LogP contribution in [0.2, 0.25) is 0 Å². The lowest BCUT2D eigenvalue weighted by atomic mass is 10.2. The van der Waals surface area contributed by atoms with E-state index < -0.39 is 5.25 Å². The van der Waals surface area contributed by atoms with Crippen molar-refractivity contribution in [3.8, 4) is 11.8 Å². The summed E-state index contributed by atoms with van der Waals surface area (Å²) in [6, 6.07) is 18.6. The summed E-state index contributed by atoms with van der Waals surface area (Å²) < 4.78 is 1.75. The van der Waals surface area contributed by atoms with Crippen LogP contribution in [-0.4, -0.2) is 30.9 Å². The molecule has 0 spiro atoms. The summed E-state index contributed by atoms with van der Waals surface area (Å²) >= 11 is 1.34. The fourth-order valence-corrected chi connectivity index (χ4v) is 3.69. The molecule has 4 aromatic rings. The fourth-order valence-electron chi connectivity index (χ4n) is 2.81. The molecule has 0 aliphatic rings. The summed E-state index contributed by atoms with van der Waals surface area (Å²) in [5, 5.41) is 17.3. The molecule has 142 valence electrons. The van der Waals surface area contributed by atoms with Crippen molar-refractivity contribution in [2.75, 3.05) is 5.32 Å². The predicted molar refractivity (Wildman–Crippen MR) is 112 cm³/mol. The van der Waals surface area contributed by atoms with E-state index >= 15 is 0 Å². The van der Waals surface area contributed by atoms with E-state index in [1.54, 1.807) is 35.1 Å². The van der Waals surface area contributed by atoms with Crippen LogP contribution in [0.4, 0.5) is 5.69 Å². The third-order valence-electron chi connectivity index (χ3n) is 4.25. The topological polar surface area (TPSA) is 96.5 Å². The molecule has 29 heavy (non-hydrogen) atoms. The van der Waals surface area contributed by atoms with E-state index in [1.807, 2.05) is 37.3 Å². The van der Waals surface area contributed by atoms with Gasteiger partial charge in [-0.2, -0.15) is 10.4 Å². The Labute approximate surface area is 171 Å². The monoisotopic (exact) mass is 400 g/mol. The van der Waals surface area contributed by atoms with Crippen LogP contribution in [0.25, 0.3) is 16.7 Å². The van der Waals surface area contributed by atoms with Gasteiger partial charge in [0.2, 0.25) is 5.91 Å². The number of nitriles is 1. The lowest BCUT2D eigenvalue weighted by Gasteiger charge is -2.12. The molecule has 1 unspecified atom stereocenters. The van der Waals surface area contributed by atoms with E-state index in [9.17, 15) is 4.79 Å². The van der Waals surface area contributed by atoms with Gasteiger partial charge in [-0.15, -0.1) is 0 Å². The predicted octanol–water partition coefficient (Wildman–Crippen LogP) is 3.81. The molecule has 1 amide bonds. The number of carbonyl (C=O) groups excluding carboxylic acids is 1. The molecular formula is C21H16N6OS. The van der Waals surface area contributed by atoms with Gasteiger partial charge in [0.05, 0.1) is 34.2 Å². The molecule has 8 heteroatoms.